The summed E-state index contributed by atoms with van der Waals surface area (Å²) in [6, 6.07) is 3.06. The van der Waals surface area contributed by atoms with Crippen LogP contribution >= 0.6 is 11.6 Å². The minimum atomic E-state index is -0.436. The molecule has 5 nitrogen and oxygen atoms in total. The number of pyridine rings is 1. The Labute approximate surface area is 133 Å². The SMILES string of the molecule is C=C(Cl)c1c(/C=C\C)nc([C@H](C)N)n(-c2cccnc2)c1=O. The van der Waals surface area contributed by atoms with E-state index in [0.29, 0.717) is 17.2 Å². The molecule has 0 aliphatic heterocycles. The Bertz CT molecular complexity index is 779. The van der Waals surface area contributed by atoms with Crippen LogP contribution in [0.4, 0.5) is 0 Å². The van der Waals surface area contributed by atoms with Crippen LogP contribution in [-0.2, 0) is 0 Å². The highest BCUT2D eigenvalue weighted by atomic mass is 35.5. The lowest BCUT2D eigenvalue weighted by Crippen LogP contribution is -2.30. The third kappa shape index (κ3) is 3.00. The summed E-state index contributed by atoms with van der Waals surface area (Å²) in [7, 11) is 0. The summed E-state index contributed by atoms with van der Waals surface area (Å²) < 4.78 is 1.42. The zero-order valence-corrected chi connectivity index (χ0v) is 13.2. The van der Waals surface area contributed by atoms with Gasteiger partial charge in [-0.1, -0.05) is 24.3 Å². The van der Waals surface area contributed by atoms with E-state index < -0.39 is 6.04 Å². The number of halogens is 1. The molecule has 0 aliphatic carbocycles. The van der Waals surface area contributed by atoms with Crippen LogP contribution in [0.3, 0.4) is 0 Å². The van der Waals surface area contributed by atoms with Crippen LogP contribution in [-0.4, -0.2) is 14.5 Å². The van der Waals surface area contributed by atoms with Gasteiger partial charge in [0.2, 0.25) is 0 Å². The summed E-state index contributed by atoms with van der Waals surface area (Å²) in [4.78, 5) is 21.4. The fourth-order valence-electron chi connectivity index (χ4n) is 2.13. The molecular formula is C16H17ClN4O. The van der Waals surface area contributed by atoms with E-state index in [9.17, 15) is 4.79 Å². The molecule has 0 fully saturated rings. The first-order valence-corrected chi connectivity index (χ1v) is 7.15. The standard InChI is InChI=1S/C16H17ClN4O/c1-4-6-13-14(10(2)17)16(22)21(15(20-13)11(3)18)12-7-5-8-19-9-12/h4-9,11H,2,18H2,1,3H3/b6-4-/t11-/m0/s1. The van der Waals surface area contributed by atoms with E-state index in [-0.39, 0.29) is 16.2 Å². The summed E-state index contributed by atoms with van der Waals surface area (Å²) in [6.45, 7) is 7.27. The molecule has 2 aromatic heterocycles. The Hall–Kier alpha value is -2.24. The van der Waals surface area contributed by atoms with Crippen LogP contribution in [0.1, 0.15) is 37.0 Å². The minimum Gasteiger partial charge on any atom is -0.322 e. The molecule has 2 rings (SSSR count). The Morgan fingerprint density at radius 1 is 1.55 bits per heavy atom. The molecule has 0 saturated heterocycles. The average molecular weight is 317 g/mol. The van der Waals surface area contributed by atoms with Crippen molar-refractivity contribution >= 4 is 22.7 Å². The predicted octanol–water partition coefficient (Wildman–Crippen LogP) is 2.89. The van der Waals surface area contributed by atoms with E-state index in [1.54, 1.807) is 43.6 Å². The first kappa shape index (κ1) is 16.1. The lowest BCUT2D eigenvalue weighted by Gasteiger charge is -2.17. The van der Waals surface area contributed by atoms with Gasteiger partial charge in [0.05, 0.1) is 29.2 Å². The Morgan fingerprint density at radius 2 is 2.27 bits per heavy atom. The number of rotatable bonds is 4. The average Bonchev–Trinajstić information content (AvgIpc) is 2.47. The molecule has 0 aromatic carbocycles. The number of allylic oxidation sites excluding steroid dienone is 1. The summed E-state index contributed by atoms with van der Waals surface area (Å²) >= 11 is 6.01. The molecule has 0 saturated carbocycles. The highest BCUT2D eigenvalue weighted by Crippen LogP contribution is 2.21. The van der Waals surface area contributed by atoms with Crippen molar-refractivity contribution in [2.75, 3.05) is 0 Å². The van der Waals surface area contributed by atoms with Crippen LogP contribution in [0.5, 0.6) is 0 Å². The zero-order valence-electron chi connectivity index (χ0n) is 12.5. The van der Waals surface area contributed by atoms with Crippen molar-refractivity contribution < 1.29 is 0 Å². The van der Waals surface area contributed by atoms with Gasteiger partial charge in [0, 0.05) is 11.2 Å². The fourth-order valence-corrected chi connectivity index (χ4v) is 2.31. The summed E-state index contributed by atoms with van der Waals surface area (Å²) in [6.07, 6.45) is 6.70. The third-order valence-corrected chi connectivity index (χ3v) is 3.23. The predicted molar refractivity (Wildman–Crippen MR) is 89.8 cm³/mol. The molecular weight excluding hydrogens is 300 g/mol. The normalized spacial score (nSPS) is 12.5. The van der Waals surface area contributed by atoms with Crippen molar-refractivity contribution in [2.24, 2.45) is 5.73 Å². The van der Waals surface area contributed by atoms with Crippen molar-refractivity contribution in [2.45, 2.75) is 19.9 Å². The molecule has 0 aliphatic rings. The topological polar surface area (TPSA) is 73.8 Å². The molecule has 0 bridgehead atoms. The van der Waals surface area contributed by atoms with E-state index in [4.69, 9.17) is 17.3 Å². The van der Waals surface area contributed by atoms with Crippen LogP contribution in [0, 0.1) is 0 Å². The van der Waals surface area contributed by atoms with E-state index >= 15 is 0 Å². The van der Waals surface area contributed by atoms with Crippen LogP contribution < -0.4 is 11.3 Å². The fraction of sp³-hybridized carbons (Fsp3) is 0.188. The van der Waals surface area contributed by atoms with Gasteiger partial charge >= 0.3 is 0 Å². The van der Waals surface area contributed by atoms with Crippen molar-refractivity contribution in [1.82, 2.24) is 14.5 Å². The van der Waals surface area contributed by atoms with Gasteiger partial charge in [0.15, 0.2) is 0 Å². The quantitative estimate of drug-likeness (QED) is 0.941. The van der Waals surface area contributed by atoms with Gasteiger partial charge in [-0.05, 0) is 32.1 Å². The summed E-state index contributed by atoms with van der Waals surface area (Å²) in [5.74, 6) is 0.438. The molecule has 2 heterocycles. The van der Waals surface area contributed by atoms with Crippen LogP contribution in [0.25, 0.3) is 16.8 Å². The van der Waals surface area contributed by atoms with Gasteiger partial charge in [-0.15, -0.1) is 0 Å². The molecule has 2 N–H and O–H groups in total. The minimum absolute atomic E-state index is 0.138. The van der Waals surface area contributed by atoms with Gasteiger partial charge in [0.25, 0.3) is 5.56 Å². The van der Waals surface area contributed by atoms with Crippen LogP contribution in [0.15, 0.2) is 42.0 Å². The number of aromatic nitrogens is 3. The number of nitrogens with two attached hydrogens (primary N) is 1. The van der Waals surface area contributed by atoms with Crippen molar-refractivity contribution in [1.29, 1.82) is 0 Å². The summed E-state index contributed by atoms with van der Waals surface area (Å²) in [5.41, 5.74) is 6.97. The maximum atomic E-state index is 12.9. The van der Waals surface area contributed by atoms with E-state index in [1.807, 2.05) is 6.92 Å². The summed E-state index contributed by atoms with van der Waals surface area (Å²) in [5, 5.41) is 0.138. The van der Waals surface area contributed by atoms with Gasteiger partial charge in [0.1, 0.15) is 5.82 Å². The van der Waals surface area contributed by atoms with Crippen molar-refractivity contribution in [3.05, 3.63) is 64.6 Å². The smallest absolute Gasteiger partial charge is 0.267 e. The zero-order chi connectivity index (χ0) is 16.3. The lowest BCUT2D eigenvalue weighted by atomic mass is 10.1. The number of hydrogen-bond acceptors (Lipinski definition) is 4. The van der Waals surface area contributed by atoms with Gasteiger partial charge in [-0.2, -0.15) is 0 Å². The molecule has 0 unspecified atom stereocenters. The van der Waals surface area contributed by atoms with E-state index in [0.717, 1.165) is 0 Å². The second-order valence-corrected chi connectivity index (χ2v) is 5.23. The van der Waals surface area contributed by atoms with Crippen molar-refractivity contribution in [3.63, 3.8) is 0 Å². The van der Waals surface area contributed by atoms with Crippen molar-refractivity contribution in [3.8, 4) is 5.69 Å². The Kier molecular flexibility index (Phi) is 4.90. The number of hydrogen-bond donors (Lipinski definition) is 1. The maximum Gasteiger partial charge on any atom is 0.267 e. The number of nitrogens with zero attached hydrogens (tertiary/aromatic N) is 3. The molecule has 0 amide bonds. The molecule has 114 valence electrons. The Morgan fingerprint density at radius 3 is 2.77 bits per heavy atom. The maximum absolute atomic E-state index is 12.9. The van der Waals surface area contributed by atoms with Gasteiger partial charge in [-0.25, -0.2) is 4.98 Å². The highest BCUT2D eigenvalue weighted by Gasteiger charge is 2.19. The van der Waals surface area contributed by atoms with Crippen LogP contribution in [0.2, 0.25) is 0 Å². The Balaban J connectivity index is 2.91. The first-order valence-electron chi connectivity index (χ1n) is 6.77. The molecule has 0 spiro atoms. The third-order valence-electron chi connectivity index (χ3n) is 3.04. The second-order valence-electron chi connectivity index (χ2n) is 4.78. The molecule has 2 aromatic rings. The van der Waals surface area contributed by atoms with E-state index in [1.165, 1.54) is 4.57 Å². The molecule has 6 heteroatoms. The monoisotopic (exact) mass is 316 g/mol. The molecule has 22 heavy (non-hydrogen) atoms. The molecule has 0 radical (unpaired) electrons. The highest BCUT2D eigenvalue weighted by molar-refractivity contribution is 6.48. The van der Waals surface area contributed by atoms with E-state index in [2.05, 4.69) is 16.5 Å². The first-order chi connectivity index (χ1) is 10.5. The lowest BCUT2D eigenvalue weighted by molar-refractivity contribution is 0.682. The van der Waals surface area contributed by atoms with Gasteiger partial charge in [-0.3, -0.25) is 14.3 Å². The van der Waals surface area contributed by atoms with Gasteiger partial charge < -0.3 is 5.73 Å². The second kappa shape index (κ2) is 6.68. The molecule has 1 atom stereocenters. The largest absolute Gasteiger partial charge is 0.322 e.